The lowest BCUT2D eigenvalue weighted by Crippen LogP contribution is -2.40. The smallest absolute Gasteiger partial charge is 0.260 e. The number of benzene rings is 1. The van der Waals surface area contributed by atoms with E-state index in [9.17, 15) is 9.59 Å². The van der Waals surface area contributed by atoms with Crippen molar-refractivity contribution in [1.82, 2.24) is 4.90 Å². The van der Waals surface area contributed by atoms with Crippen LogP contribution in [0.25, 0.3) is 0 Å². The molecule has 5 heteroatoms. The fourth-order valence-electron chi connectivity index (χ4n) is 3.14. The molecule has 2 saturated heterocycles. The molecule has 5 nitrogen and oxygen atoms in total. The summed E-state index contributed by atoms with van der Waals surface area (Å²) >= 11 is 0. The van der Waals surface area contributed by atoms with E-state index in [4.69, 9.17) is 4.74 Å². The van der Waals surface area contributed by atoms with E-state index < -0.39 is 0 Å². The maximum Gasteiger partial charge on any atom is 0.260 e. The van der Waals surface area contributed by atoms with E-state index in [1.54, 1.807) is 4.90 Å². The number of hydrogen-bond acceptors (Lipinski definition) is 3. The minimum Gasteiger partial charge on any atom is -0.484 e. The minimum atomic E-state index is 0.0516. The fraction of sp³-hybridized carbons (Fsp3) is 0.556. The van der Waals surface area contributed by atoms with Crippen LogP contribution in [0, 0.1) is 5.92 Å². The molecule has 2 aliphatic heterocycles. The Morgan fingerprint density at radius 2 is 1.87 bits per heavy atom. The molecule has 1 aromatic carbocycles. The van der Waals surface area contributed by atoms with Crippen molar-refractivity contribution < 1.29 is 14.3 Å². The number of carbonyl (C=O) groups excluding carboxylic acids is 2. The molecular formula is C18H24N2O3. The minimum absolute atomic E-state index is 0.0516. The number of ether oxygens (including phenoxy) is 1. The molecule has 3 rings (SSSR count). The predicted molar refractivity (Wildman–Crippen MR) is 88.5 cm³/mol. The first-order valence-corrected chi connectivity index (χ1v) is 8.44. The lowest BCUT2D eigenvalue weighted by molar-refractivity contribution is -0.134. The van der Waals surface area contributed by atoms with Gasteiger partial charge in [0.25, 0.3) is 5.91 Å². The molecule has 2 aliphatic rings. The molecule has 0 unspecified atom stereocenters. The number of piperidine rings is 1. The zero-order valence-corrected chi connectivity index (χ0v) is 13.7. The first kappa shape index (κ1) is 15.8. The quantitative estimate of drug-likeness (QED) is 0.857. The molecule has 0 atom stereocenters. The van der Waals surface area contributed by atoms with Gasteiger partial charge in [-0.1, -0.05) is 6.92 Å². The van der Waals surface area contributed by atoms with Gasteiger partial charge in [0.2, 0.25) is 5.91 Å². The highest BCUT2D eigenvalue weighted by atomic mass is 16.5. The second-order valence-corrected chi connectivity index (χ2v) is 6.49. The van der Waals surface area contributed by atoms with Crippen molar-refractivity contribution in [2.75, 3.05) is 31.1 Å². The van der Waals surface area contributed by atoms with E-state index >= 15 is 0 Å². The van der Waals surface area contributed by atoms with Gasteiger partial charge < -0.3 is 14.5 Å². The second-order valence-electron chi connectivity index (χ2n) is 6.49. The Morgan fingerprint density at radius 1 is 1.17 bits per heavy atom. The summed E-state index contributed by atoms with van der Waals surface area (Å²) in [5, 5.41) is 0. The van der Waals surface area contributed by atoms with Crippen molar-refractivity contribution in [2.24, 2.45) is 5.92 Å². The van der Waals surface area contributed by atoms with Crippen LogP contribution in [0.15, 0.2) is 24.3 Å². The number of nitrogens with zero attached hydrogens (tertiary/aromatic N) is 2. The van der Waals surface area contributed by atoms with Crippen LogP contribution in [-0.4, -0.2) is 43.0 Å². The largest absolute Gasteiger partial charge is 0.484 e. The molecule has 23 heavy (non-hydrogen) atoms. The highest BCUT2D eigenvalue weighted by molar-refractivity contribution is 5.95. The van der Waals surface area contributed by atoms with E-state index in [0.29, 0.717) is 18.1 Å². The van der Waals surface area contributed by atoms with Crippen LogP contribution in [0.1, 0.15) is 32.6 Å². The number of hydrogen-bond donors (Lipinski definition) is 0. The van der Waals surface area contributed by atoms with Crippen LogP contribution in [0.4, 0.5) is 5.69 Å². The van der Waals surface area contributed by atoms with Gasteiger partial charge in [0.15, 0.2) is 6.61 Å². The summed E-state index contributed by atoms with van der Waals surface area (Å²) in [5.74, 6) is 1.60. The summed E-state index contributed by atoms with van der Waals surface area (Å²) in [6.45, 7) is 4.75. The van der Waals surface area contributed by atoms with Gasteiger partial charge in [-0.15, -0.1) is 0 Å². The SMILES string of the molecule is CC1CCN(C(=O)COc2ccc(N3CCCC3=O)cc2)CC1. The predicted octanol–water partition coefficient (Wildman–Crippen LogP) is 2.45. The maximum absolute atomic E-state index is 12.1. The molecular weight excluding hydrogens is 292 g/mol. The number of rotatable bonds is 4. The Hall–Kier alpha value is -2.04. The van der Waals surface area contributed by atoms with Crippen LogP contribution in [-0.2, 0) is 9.59 Å². The summed E-state index contributed by atoms with van der Waals surface area (Å²) in [6, 6.07) is 7.41. The zero-order chi connectivity index (χ0) is 16.2. The van der Waals surface area contributed by atoms with Gasteiger partial charge in [0, 0.05) is 31.7 Å². The van der Waals surface area contributed by atoms with Crippen LogP contribution in [0.5, 0.6) is 5.75 Å². The molecule has 0 saturated carbocycles. The van der Waals surface area contributed by atoms with E-state index in [0.717, 1.165) is 44.6 Å². The Labute approximate surface area is 137 Å². The molecule has 124 valence electrons. The standard InChI is InChI=1S/C18H24N2O3/c1-14-8-11-19(12-9-14)18(22)13-23-16-6-4-15(5-7-16)20-10-2-3-17(20)21/h4-7,14H,2-3,8-13H2,1H3. The van der Waals surface area contributed by atoms with Crippen molar-refractivity contribution in [3.05, 3.63) is 24.3 Å². The van der Waals surface area contributed by atoms with Gasteiger partial charge in [0.1, 0.15) is 5.75 Å². The van der Waals surface area contributed by atoms with Crippen LogP contribution >= 0.6 is 0 Å². The van der Waals surface area contributed by atoms with Crippen molar-refractivity contribution in [2.45, 2.75) is 32.6 Å². The molecule has 2 fully saturated rings. The molecule has 0 aliphatic carbocycles. The molecule has 0 spiro atoms. The van der Waals surface area contributed by atoms with Gasteiger partial charge in [-0.05, 0) is 49.4 Å². The lowest BCUT2D eigenvalue weighted by atomic mass is 9.99. The Kier molecular flexibility index (Phi) is 4.84. The molecule has 1 aromatic rings. The van der Waals surface area contributed by atoms with E-state index in [2.05, 4.69) is 6.92 Å². The van der Waals surface area contributed by atoms with Crippen molar-refractivity contribution in [3.63, 3.8) is 0 Å². The first-order valence-electron chi connectivity index (χ1n) is 8.44. The summed E-state index contributed by atoms with van der Waals surface area (Å²) in [5.41, 5.74) is 0.899. The van der Waals surface area contributed by atoms with E-state index in [1.165, 1.54) is 0 Å². The van der Waals surface area contributed by atoms with Crippen LogP contribution < -0.4 is 9.64 Å². The fourth-order valence-corrected chi connectivity index (χ4v) is 3.14. The second kappa shape index (κ2) is 7.02. The van der Waals surface area contributed by atoms with Gasteiger partial charge in [-0.3, -0.25) is 9.59 Å². The van der Waals surface area contributed by atoms with E-state index in [-0.39, 0.29) is 18.4 Å². The average Bonchev–Trinajstić information content (AvgIpc) is 3.00. The number of amides is 2. The molecule has 0 aromatic heterocycles. The maximum atomic E-state index is 12.1. The number of anilines is 1. The molecule has 2 amide bonds. The third-order valence-electron chi connectivity index (χ3n) is 4.72. The summed E-state index contributed by atoms with van der Waals surface area (Å²) in [7, 11) is 0. The van der Waals surface area contributed by atoms with Crippen LogP contribution in [0.2, 0.25) is 0 Å². The highest BCUT2D eigenvalue weighted by Gasteiger charge is 2.22. The van der Waals surface area contributed by atoms with Gasteiger partial charge in [0.05, 0.1) is 0 Å². The first-order chi connectivity index (χ1) is 11.1. The average molecular weight is 316 g/mol. The van der Waals surface area contributed by atoms with Gasteiger partial charge >= 0.3 is 0 Å². The van der Waals surface area contributed by atoms with Gasteiger partial charge in [-0.2, -0.15) is 0 Å². The monoisotopic (exact) mass is 316 g/mol. The molecule has 0 radical (unpaired) electrons. The van der Waals surface area contributed by atoms with Crippen molar-refractivity contribution in [3.8, 4) is 5.75 Å². The van der Waals surface area contributed by atoms with Crippen molar-refractivity contribution >= 4 is 17.5 Å². The Balaban J connectivity index is 1.50. The summed E-state index contributed by atoms with van der Waals surface area (Å²) in [4.78, 5) is 27.5. The van der Waals surface area contributed by atoms with Gasteiger partial charge in [-0.25, -0.2) is 0 Å². The summed E-state index contributed by atoms with van der Waals surface area (Å²) in [6.07, 6.45) is 3.69. The van der Waals surface area contributed by atoms with E-state index in [1.807, 2.05) is 29.2 Å². The highest BCUT2D eigenvalue weighted by Crippen LogP contribution is 2.24. The summed E-state index contributed by atoms with van der Waals surface area (Å²) < 4.78 is 5.60. The topological polar surface area (TPSA) is 49.9 Å². The normalized spacial score (nSPS) is 19.3. The van der Waals surface area contributed by atoms with Crippen LogP contribution in [0.3, 0.4) is 0 Å². The Morgan fingerprint density at radius 3 is 2.48 bits per heavy atom. The third kappa shape index (κ3) is 3.84. The number of likely N-dealkylation sites (tertiary alicyclic amines) is 1. The molecule has 0 N–H and O–H groups in total. The molecule has 2 heterocycles. The zero-order valence-electron chi connectivity index (χ0n) is 13.7. The Bertz CT molecular complexity index is 562. The molecule has 0 bridgehead atoms. The number of carbonyl (C=O) groups is 2. The van der Waals surface area contributed by atoms with Crippen molar-refractivity contribution in [1.29, 1.82) is 0 Å². The third-order valence-corrected chi connectivity index (χ3v) is 4.72. The lowest BCUT2D eigenvalue weighted by Gasteiger charge is -2.30.